The van der Waals surface area contributed by atoms with Crippen LogP contribution in [0, 0.1) is 0 Å². The Morgan fingerprint density at radius 2 is 1.84 bits per heavy atom. The zero-order valence-corrected chi connectivity index (χ0v) is 12.3. The molecule has 0 aliphatic heterocycles. The van der Waals surface area contributed by atoms with Crippen LogP contribution in [-0.2, 0) is 9.84 Å². The summed E-state index contributed by atoms with van der Waals surface area (Å²) in [5, 5.41) is 1.18. The molecule has 1 heterocycles. The van der Waals surface area contributed by atoms with Gasteiger partial charge in [0.15, 0.2) is 9.84 Å². The minimum Gasteiger partial charge on any atom is -0.323 e. The average molecular weight is 295 g/mol. The first-order valence-electron chi connectivity index (χ1n) is 6.15. The lowest BCUT2D eigenvalue weighted by Crippen LogP contribution is -2.33. The van der Waals surface area contributed by atoms with Crippen LogP contribution in [0.25, 0.3) is 0 Å². The zero-order valence-electron chi connectivity index (χ0n) is 10.7. The molecule has 5 heteroatoms. The summed E-state index contributed by atoms with van der Waals surface area (Å²) in [5.74, 6) is 0. The third-order valence-electron chi connectivity index (χ3n) is 3.16. The van der Waals surface area contributed by atoms with Gasteiger partial charge in [-0.2, -0.15) is 0 Å². The van der Waals surface area contributed by atoms with Gasteiger partial charge in [0.05, 0.1) is 5.25 Å². The molecule has 2 rings (SSSR count). The topological polar surface area (TPSA) is 60.2 Å². The Kier molecular flexibility index (Phi) is 4.39. The van der Waals surface area contributed by atoms with Gasteiger partial charge in [-0.15, -0.1) is 11.3 Å². The van der Waals surface area contributed by atoms with Crippen molar-refractivity contribution in [3.63, 3.8) is 0 Å². The fraction of sp³-hybridized carbons (Fsp3) is 0.286. The first-order valence-corrected chi connectivity index (χ1v) is 8.58. The van der Waals surface area contributed by atoms with Crippen LogP contribution in [-0.4, -0.2) is 13.7 Å². The van der Waals surface area contributed by atoms with Gasteiger partial charge in [-0.3, -0.25) is 0 Å². The van der Waals surface area contributed by atoms with Gasteiger partial charge < -0.3 is 5.73 Å². The fourth-order valence-electron chi connectivity index (χ4n) is 2.13. The van der Waals surface area contributed by atoms with E-state index in [0.717, 1.165) is 5.56 Å². The molecule has 0 radical (unpaired) electrons. The van der Waals surface area contributed by atoms with Gasteiger partial charge in [0.2, 0.25) is 0 Å². The summed E-state index contributed by atoms with van der Waals surface area (Å²) >= 11 is 1.24. The second-order valence-corrected chi connectivity index (χ2v) is 7.70. The first kappa shape index (κ1) is 14.2. The van der Waals surface area contributed by atoms with Crippen LogP contribution in [0.1, 0.15) is 24.9 Å². The third kappa shape index (κ3) is 2.88. The highest BCUT2D eigenvalue weighted by Gasteiger charge is 2.32. The molecule has 0 aliphatic carbocycles. The Bertz CT molecular complexity index is 606. The number of nitrogens with two attached hydrogens (primary N) is 1. The zero-order chi connectivity index (χ0) is 13.9. The molecule has 102 valence electrons. The normalized spacial score (nSPS) is 15.1. The quantitative estimate of drug-likeness (QED) is 0.922. The molecular weight excluding hydrogens is 278 g/mol. The second kappa shape index (κ2) is 5.86. The van der Waals surface area contributed by atoms with E-state index in [1.54, 1.807) is 17.5 Å². The fourth-order valence-corrected chi connectivity index (χ4v) is 5.20. The molecule has 2 N–H and O–H groups in total. The van der Waals surface area contributed by atoms with Crippen LogP contribution in [0.4, 0.5) is 0 Å². The van der Waals surface area contributed by atoms with Gasteiger partial charge in [-0.05, 0) is 23.4 Å². The molecule has 0 bridgehead atoms. The number of thiophene rings is 1. The van der Waals surface area contributed by atoms with Crippen molar-refractivity contribution < 1.29 is 8.42 Å². The average Bonchev–Trinajstić information content (AvgIpc) is 2.95. The van der Waals surface area contributed by atoms with E-state index in [1.165, 1.54) is 11.3 Å². The van der Waals surface area contributed by atoms with Crippen molar-refractivity contribution in [2.24, 2.45) is 5.73 Å². The molecule has 3 nitrogen and oxygen atoms in total. The summed E-state index contributed by atoms with van der Waals surface area (Å²) in [5.41, 5.74) is 7.02. The van der Waals surface area contributed by atoms with Crippen LogP contribution in [0.2, 0.25) is 0 Å². The molecule has 1 aromatic carbocycles. The minimum absolute atomic E-state index is 0.394. The Balaban J connectivity index is 2.36. The lowest BCUT2D eigenvalue weighted by Gasteiger charge is -2.22. The van der Waals surface area contributed by atoms with E-state index < -0.39 is 21.1 Å². The molecule has 19 heavy (non-hydrogen) atoms. The molecule has 0 spiro atoms. The molecule has 0 fully saturated rings. The van der Waals surface area contributed by atoms with Crippen molar-refractivity contribution in [1.29, 1.82) is 0 Å². The van der Waals surface area contributed by atoms with Crippen molar-refractivity contribution in [2.75, 3.05) is 0 Å². The van der Waals surface area contributed by atoms with E-state index in [9.17, 15) is 8.42 Å². The standard InChI is InChI=1S/C14H17NO2S2/c1-2-12(14(15)11-7-4-3-5-8-11)19(16,17)13-9-6-10-18-13/h3-10,12,14H,2,15H2,1H3. The Morgan fingerprint density at radius 3 is 2.37 bits per heavy atom. The van der Waals surface area contributed by atoms with Gasteiger partial charge in [-0.1, -0.05) is 43.3 Å². The largest absolute Gasteiger partial charge is 0.323 e. The van der Waals surface area contributed by atoms with Gasteiger partial charge in [0.1, 0.15) is 4.21 Å². The number of rotatable bonds is 5. The van der Waals surface area contributed by atoms with Crippen molar-refractivity contribution >= 4 is 21.2 Å². The van der Waals surface area contributed by atoms with E-state index in [2.05, 4.69) is 0 Å². The van der Waals surface area contributed by atoms with Gasteiger partial charge in [0, 0.05) is 6.04 Å². The number of hydrogen-bond acceptors (Lipinski definition) is 4. The Hall–Kier alpha value is -1.17. The molecule has 0 saturated heterocycles. The number of sulfone groups is 1. The van der Waals surface area contributed by atoms with Gasteiger partial charge in [-0.25, -0.2) is 8.42 Å². The molecule has 2 aromatic rings. The molecule has 2 unspecified atom stereocenters. The van der Waals surface area contributed by atoms with Crippen LogP contribution in [0.3, 0.4) is 0 Å². The van der Waals surface area contributed by atoms with Crippen LogP contribution >= 0.6 is 11.3 Å². The van der Waals surface area contributed by atoms with Crippen LogP contribution in [0.5, 0.6) is 0 Å². The summed E-state index contributed by atoms with van der Waals surface area (Å²) in [7, 11) is -3.36. The van der Waals surface area contributed by atoms with Gasteiger partial charge in [0.25, 0.3) is 0 Å². The highest BCUT2D eigenvalue weighted by molar-refractivity contribution is 7.94. The molecule has 0 saturated carbocycles. The maximum absolute atomic E-state index is 12.6. The van der Waals surface area contributed by atoms with Crippen molar-refractivity contribution in [3.05, 3.63) is 53.4 Å². The number of benzene rings is 1. The molecule has 2 atom stereocenters. The minimum atomic E-state index is -3.36. The summed E-state index contributed by atoms with van der Waals surface area (Å²) < 4.78 is 25.5. The highest BCUT2D eigenvalue weighted by atomic mass is 32.2. The SMILES string of the molecule is CCC(C(N)c1ccccc1)S(=O)(=O)c1cccs1. The van der Waals surface area contributed by atoms with E-state index in [4.69, 9.17) is 5.73 Å². The predicted octanol–water partition coefficient (Wildman–Crippen LogP) is 3.00. The lowest BCUT2D eigenvalue weighted by molar-refractivity contribution is 0.549. The smallest absolute Gasteiger partial charge is 0.192 e. The summed E-state index contributed by atoms with van der Waals surface area (Å²) in [6.07, 6.45) is 0.496. The molecule has 0 amide bonds. The van der Waals surface area contributed by atoms with Crippen molar-refractivity contribution in [2.45, 2.75) is 28.8 Å². The monoisotopic (exact) mass is 295 g/mol. The van der Waals surface area contributed by atoms with E-state index in [1.807, 2.05) is 37.3 Å². The molecule has 1 aromatic heterocycles. The Morgan fingerprint density at radius 1 is 1.16 bits per heavy atom. The Labute approximate surface area is 118 Å². The lowest BCUT2D eigenvalue weighted by atomic mass is 10.0. The highest BCUT2D eigenvalue weighted by Crippen LogP contribution is 2.29. The van der Waals surface area contributed by atoms with Crippen LogP contribution in [0.15, 0.2) is 52.1 Å². The van der Waals surface area contributed by atoms with Crippen molar-refractivity contribution in [1.82, 2.24) is 0 Å². The maximum Gasteiger partial charge on any atom is 0.192 e. The molecule has 0 aliphatic rings. The van der Waals surface area contributed by atoms with E-state index in [0.29, 0.717) is 10.6 Å². The van der Waals surface area contributed by atoms with Crippen molar-refractivity contribution in [3.8, 4) is 0 Å². The van der Waals surface area contributed by atoms with E-state index in [-0.39, 0.29) is 0 Å². The summed E-state index contributed by atoms with van der Waals surface area (Å²) in [6, 6.07) is 12.3. The summed E-state index contributed by atoms with van der Waals surface area (Å²) in [4.78, 5) is 0. The third-order valence-corrected chi connectivity index (χ3v) is 6.93. The summed E-state index contributed by atoms with van der Waals surface area (Å²) in [6.45, 7) is 1.86. The van der Waals surface area contributed by atoms with Gasteiger partial charge >= 0.3 is 0 Å². The second-order valence-electron chi connectivity index (χ2n) is 4.36. The first-order chi connectivity index (χ1) is 9.07. The van der Waals surface area contributed by atoms with E-state index >= 15 is 0 Å². The number of hydrogen-bond donors (Lipinski definition) is 1. The predicted molar refractivity (Wildman–Crippen MR) is 79.0 cm³/mol. The van der Waals surface area contributed by atoms with Crippen LogP contribution < -0.4 is 5.73 Å². The maximum atomic E-state index is 12.6. The molecular formula is C14H17NO2S2.